The summed E-state index contributed by atoms with van der Waals surface area (Å²) in [6, 6.07) is 12.7. The third-order valence-corrected chi connectivity index (χ3v) is 5.53. The summed E-state index contributed by atoms with van der Waals surface area (Å²) in [4.78, 5) is 26.4. The van der Waals surface area contributed by atoms with Gasteiger partial charge in [0.15, 0.2) is 0 Å². The van der Waals surface area contributed by atoms with E-state index in [-0.39, 0.29) is 5.91 Å². The van der Waals surface area contributed by atoms with Gasteiger partial charge in [0.1, 0.15) is 17.2 Å². The van der Waals surface area contributed by atoms with Gasteiger partial charge in [-0.2, -0.15) is 0 Å². The summed E-state index contributed by atoms with van der Waals surface area (Å²) >= 11 is 3.54. The molecule has 0 saturated carbocycles. The van der Waals surface area contributed by atoms with Gasteiger partial charge in [0.2, 0.25) is 0 Å². The number of anilines is 1. The Labute approximate surface area is 188 Å². The largest absolute Gasteiger partial charge is 0.493 e. The molecule has 7 heteroatoms. The van der Waals surface area contributed by atoms with Crippen LogP contribution >= 0.6 is 15.9 Å². The number of benzene rings is 3. The molecule has 1 heterocycles. The molecule has 6 nitrogen and oxygen atoms in total. The van der Waals surface area contributed by atoms with Crippen LogP contribution in [0.1, 0.15) is 36.7 Å². The molecule has 1 aliphatic heterocycles. The quantitative estimate of drug-likeness (QED) is 0.342. The van der Waals surface area contributed by atoms with Crippen molar-refractivity contribution in [2.24, 2.45) is 0 Å². The van der Waals surface area contributed by atoms with E-state index in [1.165, 1.54) is 6.92 Å². The van der Waals surface area contributed by atoms with Crippen LogP contribution in [-0.4, -0.2) is 25.1 Å². The van der Waals surface area contributed by atoms with Crippen LogP contribution in [0.4, 0.5) is 5.69 Å². The maximum Gasteiger partial charge on any atom is 0.308 e. The molecule has 0 bridgehead atoms. The zero-order valence-electron chi connectivity index (χ0n) is 17.5. The molecule has 4 rings (SSSR count). The van der Waals surface area contributed by atoms with E-state index in [0.29, 0.717) is 48.3 Å². The molecule has 0 saturated heterocycles. The minimum atomic E-state index is -0.391. The van der Waals surface area contributed by atoms with Gasteiger partial charge in [0.25, 0.3) is 5.91 Å². The average Bonchev–Trinajstić information content (AvgIpc) is 3.08. The summed E-state index contributed by atoms with van der Waals surface area (Å²) in [6.07, 6.45) is 0. The summed E-state index contributed by atoms with van der Waals surface area (Å²) in [6.45, 7) is 6.46. The van der Waals surface area contributed by atoms with Gasteiger partial charge in [-0.3, -0.25) is 9.59 Å². The van der Waals surface area contributed by atoms with Gasteiger partial charge in [0, 0.05) is 33.4 Å². The fourth-order valence-corrected chi connectivity index (χ4v) is 4.23. The molecular formula is C24H22BrNO5. The molecule has 160 valence electrons. The number of nitrogens with zero attached hydrogens (tertiary/aromatic N) is 1. The Balaban J connectivity index is 1.85. The second-order valence-corrected chi connectivity index (χ2v) is 7.96. The van der Waals surface area contributed by atoms with Gasteiger partial charge < -0.3 is 19.1 Å². The van der Waals surface area contributed by atoms with Crippen molar-refractivity contribution in [3.8, 4) is 17.2 Å². The van der Waals surface area contributed by atoms with Gasteiger partial charge in [-0.25, -0.2) is 0 Å². The summed E-state index contributed by atoms with van der Waals surface area (Å²) in [7, 11) is 0. The lowest BCUT2D eigenvalue weighted by molar-refractivity contribution is -0.131. The standard InChI is InChI=1S/C24H22BrNO5/c1-4-29-22-19-12-15(25)6-11-18(19)23(30-5-2)21-20(22)13-26(24(21)28)16-7-9-17(10-8-16)31-14(3)27/h6-12H,4-5,13H2,1-3H3. The van der Waals surface area contributed by atoms with Crippen molar-refractivity contribution in [3.63, 3.8) is 0 Å². The minimum Gasteiger partial charge on any atom is -0.493 e. The normalized spacial score (nSPS) is 12.8. The highest BCUT2D eigenvalue weighted by Gasteiger charge is 2.36. The Morgan fingerprint density at radius 1 is 1.00 bits per heavy atom. The van der Waals surface area contributed by atoms with Crippen LogP contribution in [0.5, 0.6) is 17.2 Å². The molecule has 0 aliphatic carbocycles. The number of carbonyl (C=O) groups excluding carboxylic acids is 2. The lowest BCUT2D eigenvalue weighted by Gasteiger charge is -2.17. The zero-order chi connectivity index (χ0) is 22.1. The lowest BCUT2D eigenvalue weighted by Crippen LogP contribution is -2.23. The molecular weight excluding hydrogens is 462 g/mol. The van der Waals surface area contributed by atoms with E-state index >= 15 is 0 Å². The van der Waals surface area contributed by atoms with Crippen molar-refractivity contribution < 1.29 is 23.8 Å². The fourth-order valence-electron chi connectivity index (χ4n) is 3.86. The third kappa shape index (κ3) is 3.85. The fraction of sp³-hybridized carbons (Fsp3) is 0.250. The summed E-state index contributed by atoms with van der Waals surface area (Å²) < 4.78 is 18.0. The van der Waals surface area contributed by atoms with Crippen molar-refractivity contribution >= 4 is 44.3 Å². The molecule has 1 amide bonds. The second-order valence-electron chi connectivity index (χ2n) is 7.05. The van der Waals surface area contributed by atoms with E-state index in [1.54, 1.807) is 29.2 Å². The van der Waals surface area contributed by atoms with Crippen LogP contribution in [0.3, 0.4) is 0 Å². The van der Waals surface area contributed by atoms with Crippen molar-refractivity contribution in [2.45, 2.75) is 27.3 Å². The molecule has 0 aromatic heterocycles. The smallest absolute Gasteiger partial charge is 0.308 e. The summed E-state index contributed by atoms with van der Waals surface area (Å²) in [5.41, 5.74) is 2.04. The van der Waals surface area contributed by atoms with Crippen LogP contribution in [0.15, 0.2) is 46.9 Å². The highest BCUT2D eigenvalue weighted by atomic mass is 79.9. The van der Waals surface area contributed by atoms with Crippen molar-refractivity contribution in [3.05, 3.63) is 58.1 Å². The Morgan fingerprint density at radius 2 is 1.68 bits per heavy atom. The van der Waals surface area contributed by atoms with Gasteiger partial charge in [0.05, 0.1) is 25.3 Å². The molecule has 0 fully saturated rings. The van der Waals surface area contributed by atoms with Gasteiger partial charge >= 0.3 is 5.97 Å². The predicted octanol–water partition coefficient (Wildman–Crippen LogP) is 5.49. The number of hydrogen-bond acceptors (Lipinski definition) is 5. The van der Waals surface area contributed by atoms with Crippen LogP contribution in [0.25, 0.3) is 10.8 Å². The van der Waals surface area contributed by atoms with E-state index in [4.69, 9.17) is 14.2 Å². The van der Waals surface area contributed by atoms with Crippen LogP contribution in [-0.2, 0) is 11.3 Å². The lowest BCUT2D eigenvalue weighted by atomic mass is 9.99. The van der Waals surface area contributed by atoms with Crippen molar-refractivity contribution in [2.75, 3.05) is 18.1 Å². The first-order chi connectivity index (χ1) is 14.9. The number of amides is 1. The Hall–Kier alpha value is -3.06. The Morgan fingerprint density at radius 3 is 2.32 bits per heavy atom. The zero-order valence-corrected chi connectivity index (χ0v) is 19.1. The highest BCUT2D eigenvalue weighted by molar-refractivity contribution is 9.10. The van der Waals surface area contributed by atoms with Gasteiger partial charge in [-0.1, -0.05) is 15.9 Å². The molecule has 0 unspecified atom stereocenters. The van der Waals surface area contributed by atoms with Crippen molar-refractivity contribution in [1.29, 1.82) is 0 Å². The monoisotopic (exact) mass is 483 g/mol. The van der Waals surface area contributed by atoms with Gasteiger partial charge in [-0.05, 0) is 56.3 Å². The number of rotatable bonds is 6. The third-order valence-electron chi connectivity index (χ3n) is 5.04. The van der Waals surface area contributed by atoms with Crippen LogP contribution < -0.4 is 19.1 Å². The SMILES string of the molecule is CCOc1c2c(c(OCC)c3ccc(Br)cc13)C(=O)N(c1ccc(OC(C)=O)cc1)C2. The molecule has 1 aliphatic rings. The predicted molar refractivity (Wildman–Crippen MR) is 122 cm³/mol. The summed E-state index contributed by atoms with van der Waals surface area (Å²) in [5.74, 6) is 1.17. The van der Waals surface area contributed by atoms with E-state index in [1.807, 2.05) is 32.0 Å². The average molecular weight is 484 g/mol. The number of carbonyl (C=O) groups is 2. The van der Waals surface area contributed by atoms with Crippen LogP contribution in [0.2, 0.25) is 0 Å². The Bertz CT molecular complexity index is 1170. The van der Waals surface area contributed by atoms with E-state index in [0.717, 1.165) is 20.8 Å². The second kappa shape index (κ2) is 8.59. The highest BCUT2D eigenvalue weighted by Crippen LogP contribution is 2.46. The first-order valence-electron chi connectivity index (χ1n) is 10.1. The number of esters is 1. The summed E-state index contributed by atoms with van der Waals surface area (Å²) in [5, 5.41) is 1.74. The van der Waals surface area contributed by atoms with E-state index in [9.17, 15) is 9.59 Å². The van der Waals surface area contributed by atoms with Gasteiger partial charge in [-0.15, -0.1) is 0 Å². The topological polar surface area (TPSA) is 65.1 Å². The first kappa shape index (κ1) is 21.2. The van der Waals surface area contributed by atoms with Crippen LogP contribution in [0, 0.1) is 0 Å². The number of fused-ring (bicyclic) bond motifs is 2. The van der Waals surface area contributed by atoms with Crippen molar-refractivity contribution in [1.82, 2.24) is 0 Å². The minimum absolute atomic E-state index is 0.149. The molecule has 0 atom stereocenters. The molecule has 31 heavy (non-hydrogen) atoms. The number of ether oxygens (including phenoxy) is 3. The van der Waals surface area contributed by atoms with E-state index < -0.39 is 5.97 Å². The van der Waals surface area contributed by atoms with E-state index in [2.05, 4.69) is 15.9 Å². The molecule has 0 spiro atoms. The molecule has 0 radical (unpaired) electrons. The molecule has 3 aromatic carbocycles. The number of halogens is 1. The molecule has 3 aromatic rings. The Kier molecular flexibility index (Phi) is 5.87. The maximum absolute atomic E-state index is 13.5. The maximum atomic E-state index is 13.5. The molecule has 0 N–H and O–H groups in total. The number of hydrogen-bond donors (Lipinski definition) is 0. The first-order valence-corrected chi connectivity index (χ1v) is 10.9.